The number of hydrogen-bond acceptors (Lipinski definition) is 8. The molecule has 3 aliphatic heterocycles. The summed E-state index contributed by atoms with van der Waals surface area (Å²) in [6.07, 6.45) is 0.812. The molecule has 230 valence electrons. The van der Waals surface area contributed by atoms with Crippen molar-refractivity contribution < 1.29 is 32.5 Å². The van der Waals surface area contributed by atoms with Crippen LogP contribution in [0.15, 0.2) is 83.8 Å². The molecule has 10 heteroatoms. The molecule has 0 bridgehead atoms. The van der Waals surface area contributed by atoms with Crippen LogP contribution < -0.4 is 4.72 Å². The Bertz CT molecular complexity index is 1430. The monoisotopic (exact) mass is 608 g/mol. The third-order valence-electron chi connectivity index (χ3n) is 8.76. The number of rotatable bonds is 9. The number of aliphatic hydroxyl groups excluding tert-OH is 1. The molecule has 3 aromatic rings. The summed E-state index contributed by atoms with van der Waals surface area (Å²) >= 11 is 0. The van der Waals surface area contributed by atoms with Crippen LogP contribution in [-0.4, -0.2) is 63.2 Å². The highest BCUT2D eigenvalue weighted by Gasteiger charge is 2.43. The van der Waals surface area contributed by atoms with Crippen molar-refractivity contribution in [3.8, 4) is 0 Å². The fourth-order valence-electron chi connectivity index (χ4n) is 6.10. The predicted octanol–water partition coefficient (Wildman–Crippen LogP) is 4.29. The lowest BCUT2D eigenvalue weighted by Gasteiger charge is -2.44. The number of aliphatic hydroxyl groups is 1. The van der Waals surface area contributed by atoms with Crippen LogP contribution in [0, 0.1) is 5.92 Å². The van der Waals surface area contributed by atoms with Gasteiger partial charge in [0.1, 0.15) is 0 Å². The van der Waals surface area contributed by atoms with E-state index in [0.717, 1.165) is 54.7 Å². The fraction of sp³-hybridized carbons (Fsp3) is 0.455. The van der Waals surface area contributed by atoms with Gasteiger partial charge in [0.15, 0.2) is 12.1 Å². The molecule has 0 saturated carbocycles. The number of ether oxygens (including phenoxy) is 4. The molecule has 9 nitrogen and oxygen atoms in total. The molecule has 3 aromatic carbocycles. The van der Waals surface area contributed by atoms with Crippen LogP contribution >= 0.6 is 0 Å². The maximum atomic E-state index is 12.7. The van der Waals surface area contributed by atoms with Gasteiger partial charge in [-0.25, -0.2) is 13.1 Å². The van der Waals surface area contributed by atoms with Crippen molar-refractivity contribution in [2.75, 3.05) is 32.8 Å². The summed E-state index contributed by atoms with van der Waals surface area (Å²) in [5.41, 5.74) is 3.60. The molecular formula is C33H40N2O7S. The zero-order valence-corrected chi connectivity index (χ0v) is 25.2. The molecule has 1 unspecified atom stereocenters. The van der Waals surface area contributed by atoms with Crippen molar-refractivity contribution in [3.63, 3.8) is 0 Å². The minimum Gasteiger partial charge on any atom is -0.392 e. The Morgan fingerprint density at radius 2 is 1.49 bits per heavy atom. The molecule has 2 N–H and O–H groups in total. The lowest BCUT2D eigenvalue weighted by molar-refractivity contribution is -0.278. The van der Waals surface area contributed by atoms with Gasteiger partial charge in [-0.1, -0.05) is 73.7 Å². The van der Waals surface area contributed by atoms with E-state index in [0.29, 0.717) is 13.2 Å². The molecule has 1 spiro atoms. The topological polar surface area (TPSA) is 107 Å². The predicted molar refractivity (Wildman–Crippen MR) is 160 cm³/mol. The molecule has 6 rings (SSSR count). The van der Waals surface area contributed by atoms with Crippen LogP contribution in [0.1, 0.15) is 54.4 Å². The average Bonchev–Trinajstić information content (AvgIpc) is 3.51. The molecule has 0 aliphatic carbocycles. The van der Waals surface area contributed by atoms with Crippen LogP contribution in [0.4, 0.5) is 0 Å². The van der Waals surface area contributed by atoms with Gasteiger partial charge in [-0.05, 0) is 28.8 Å². The molecule has 3 fully saturated rings. The molecule has 0 amide bonds. The zero-order valence-electron chi connectivity index (χ0n) is 24.4. The van der Waals surface area contributed by atoms with E-state index in [1.54, 1.807) is 30.3 Å². The second-order valence-corrected chi connectivity index (χ2v) is 13.4. The van der Waals surface area contributed by atoms with E-state index in [1.807, 2.05) is 48.5 Å². The van der Waals surface area contributed by atoms with E-state index in [9.17, 15) is 13.5 Å². The summed E-state index contributed by atoms with van der Waals surface area (Å²) in [6.45, 7) is 6.18. The minimum atomic E-state index is -3.60. The summed E-state index contributed by atoms with van der Waals surface area (Å²) in [4.78, 5) is 2.66. The molecule has 0 radical (unpaired) electrons. The van der Waals surface area contributed by atoms with Crippen molar-refractivity contribution >= 4 is 10.0 Å². The number of nitrogens with one attached hydrogen (secondary N) is 1. The highest BCUT2D eigenvalue weighted by molar-refractivity contribution is 7.89. The Balaban J connectivity index is 1.16. The van der Waals surface area contributed by atoms with Gasteiger partial charge in [-0.15, -0.1) is 0 Å². The first-order valence-corrected chi connectivity index (χ1v) is 16.5. The van der Waals surface area contributed by atoms with Gasteiger partial charge in [0.05, 0.1) is 36.9 Å². The highest BCUT2D eigenvalue weighted by atomic mass is 32.2. The number of hydrogen-bond donors (Lipinski definition) is 2. The number of nitrogens with zero attached hydrogens (tertiary/aromatic N) is 1. The van der Waals surface area contributed by atoms with Gasteiger partial charge in [0.25, 0.3) is 0 Å². The van der Waals surface area contributed by atoms with Gasteiger partial charge in [0, 0.05) is 50.5 Å². The Hall–Kier alpha value is -2.67. The number of piperidine rings is 1. The van der Waals surface area contributed by atoms with Crippen LogP contribution in [-0.2, 0) is 42.1 Å². The smallest absolute Gasteiger partial charge is 0.240 e. The second-order valence-electron chi connectivity index (χ2n) is 11.6. The van der Waals surface area contributed by atoms with Gasteiger partial charge in [-0.3, -0.25) is 0 Å². The lowest BCUT2D eigenvalue weighted by atomic mass is 9.89. The second kappa shape index (κ2) is 13.1. The van der Waals surface area contributed by atoms with Crippen LogP contribution in [0.25, 0.3) is 0 Å². The van der Waals surface area contributed by atoms with Crippen molar-refractivity contribution in [2.45, 2.75) is 62.1 Å². The summed E-state index contributed by atoms with van der Waals surface area (Å²) in [7, 11) is -3.60. The number of sulfonamides is 1. The normalized spacial score (nSPS) is 26.1. The highest BCUT2D eigenvalue weighted by Crippen LogP contribution is 2.42. The Morgan fingerprint density at radius 3 is 2.14 bits per heavy atom. The number of benzene rings is 3. The third-order valence-corrected chi connectivity index (χ3v) is 10.2. The maximum Gasteiger partial charge on any atom is 0.240 e. The summed E-state index contributed by atoms with van der Waals surface area (Å²) in [6, 6.07) is 23.9. The van der Waals surface area contributed by atoms with E-state index in [1.165, 1.54) is 0 Å². The third kappa shape index (κ3) is 7.02. The van der Waals surface area contributed by atoms with Gasteiger partial charge >= 0.3 is 0 Å². The molecule has 0 aromatic heterocycles. The Labute approximate surface area is 253 Å². The van der Waals surface area contributed by atoms with Crippen molar-refractivity contribution in [2.24, 2.45) is 5.92 Å². The van der Waals surface area contributed by atoms with Crippen LogP contribution in [0.3, 0.4) is 0 Å². The maximum absolute atomic E-state index is 12.7. The first kappa shape index (κ1) is 30.4. The quantitative estimate of drug-likeness (QED) is 0.371. The SMILES string of the molecule is C[C@H]1[C@@H](CN2CCC3(CC2)OCCO3)OC(c2ccc(CNS(=O)(=O)c3ccccc3)cc2)O[C@H]1c1ccc(CO)cc1. The standard InChI is InChI=1S/C33H40N2O7S/c1-24-30(22-35-17-15-33(16-18-35)39-19-20-40-33)41-32(42-31(24)27-11-9-26(23-36)10-12-27)28-13-7-25(8-14-28)21-34-43(37,38)29-5-3-2-4-6-29/h2-14,24,30-32,34,36H,15-23H2,1H3/t24-,30+,31+,32?/m0/s1. The average molecular weight is 609 g/mol. The minimum absolute atomic E-state index is 0.00649. The van der Waals surface area contributed by atoms with E-state index in [2.05, 4.69) is 16.5 Å². The van der Waals surface area contributed by atoms with Crippen molar-refractivity contribution in [1.29, 1.82) is 0 Å². The van der Waals surface area contributed by atoms with Crippen LogP contribution in [0.2, 0.25) is 0 Å². The van der Waals surface area contributed by atoms with E-state index < -0.39 is 22.1 Å². The van der Waals surface area contributed by atoms with Crippen molar-refractivity contribution in [1.82, 2.24) is 9.62 Å². The van der Waals surface area contributed by atoms with E-state index >= 15 is 0 Å². The first-order valence-electron chi connectivity index (χ1n) is 15.0. The molecule has 3 heterocycles. The molecule has 3 saturated heterocycles. The molecule has 43 heavy (non-hydrogen) atoms. The number of likely N-dealkylation sites (tertiary alicyclic amines) is 1. The largest absolute Gasteiger partial charge is 0.392 e. The summed E-state index contributed by atoms with van der Waals surface area (Å²) < 4.78 is 53.1. The summed E-state index contributed by atoms with van der Waals surface area (Å²) in [5.74, 6) is -0.340. The first-order chi connectivity index (χ1) is 20.8. The Morgan fingerprint density at radius 1 is 0.860 bits per heavy atom. The Kier molecular flexibility index (Phi) is 9.27. The summed E-state index contributed by atoms with van der Waals surface area (Å²) in [5, 5.41) is 9.53. The molecule has 3 aliphatic rings. The van der Waals surface area contributed by atoms with Crippen molar-refractivity contribution in [3.05, 3.63) is 101 Å². The van der Waals surface area contributed by atoms with Crippen LogP contribution in [0.5, 0.6) is 0 Å². The fourth-order valence-corrected chi connectivity index (χ4v) is 7.14. The van der Waals surface area contributed by atoms with E-state index in [4.69, 9.17) is 18.9 Å². The van der Waals surface area contributed by atoms with Gasteiger partial charge in [0.2, 0.25) is 10.0 Å². The molecule has 4 atom stereocenters. The van der Waals surface area contributed by atoms with E-state index in [-0.39, 0.29) is 36.2 Å². The lowest BCUT2D eigenvalue weighted by Crippen LogP contribution is -2.50. The zero-order chi connectivity index (χ0) is 29.9. The van der Waals surface area contributed by atoms with Gasteiger partial charge < -0.3 is 29.0 Å². The molecular weight excluding hydrogens is 568 g/mol. The van der Waals surface area contributed by atoms with Gasteiger partial charge in [-0.2, -0.15) is 0 Å².